The number of rotatable bonds is 11. The van der Waals surface area contributed by atoms with Crippen LogP contribution >= 0.6 is 0 Å². The van der Waals surface area contributed by atoms with Gasteiger partial charge in [0.25, 0.3) is 21.6 Å². The van der Waals surface area contributed by atoms with Crippen molar-refractivity contribution in [3.05, 3.63) is 106 Å². The summed E-state index contributed by atoms with van der Waals surface area (Å²) in [5.74, 6) is -0.400. The molecule has 5 fully saturated rings. The van der Waals surface area contributed by atoms with Gasteiger partial charge in [0.15, 0.2) is 0 Å². The van der Waals surface area contributed by atoms with E-state index in [1.54, 1.807) is 12.3 Å². The van der Waals surface area contributed by atoms with E-state index in [2.05, 4.69) is 56.0 Å². The molecule has 3 saturated heterocycles. The second-order valence-corrected chi connectivity index (χ2v) is 22.6. The van der Waals surface area contributed by atoms with Gasteiger partial charge in [-0.15, -0.1) is 0 Å². The molecule has 4 N–H and O–H groups in total. The van der Waals surface area contributed by atoms with Crippen molar-refractivity contribution >= 4 is 55.4 Å². The minimum absolute atomic E-state index is 0.0882. The molecule has 11 rings (SSSR count). The second-order valence-electron chi connectivity index (χ2n) is 20.9. The molecule has 370 valence electrons. The number of aromatic amines is 1. The van der Waals surface area contributed by atoms with E-state index in [9.17, 15) is 28.4 Å². The molecular weight excluding hydrogens is 913 g/mol. The molecule has 0 radical (unpaired) electrons. The number of sulfonamides is 1. The smallest absolute Gasteiger partial charge is 0.293 e. The number of nitrogens with one attached hydrogen (secondary N) is 3. The highest BCUT2D eigenvalue weighted by Crippen LogP contribution is 2.53. The van der Waals surface area contributed by atoms with E-state index >= 15 is 0 Å². The number of benzene rings is 3. The number of ether oxygens (including phenoxy) is 3. The number of hydrogen-bond acceptors (Lipinski definition) is 14. The third-order valence-corrected chi connectivity index (χ3v) is 17.6. The van der Waals surface area contributed by atoms with Crippen molar-refractivity contribution in [1.29, 1.82) is 0 Å². The number of nitrogens with zero attached hydrogens (tertiary/aromatic N) is 5. The molecule has 6 heterocycles. The zero-order chi connectivity index (χ0) is 48.4. The largest absolute Gasteiger partial charge is 0.470 e. The molecule has 18 heteroatoms. The quantitative estimate of drug-likeness (QED) is 0.0743. The van der Waals surface area contributed by atoms with Crippen molar-refractivity contribution < 1.29 is 37.5 Å². The normalized spacial score (nSPS) is 25.9. The number of hydrogen-bond donors (Lipinski definition) is 4. The molecule has 4 aliphatic heterocycles. The molecule has 1 spiro atoms. The lowest BCUT2D eigenvalue weighted by Gasteiger charge is -2.57. The lowest BCUT2D eigenvalue weighted by atomic mass is 9.59. The number of carbonyl (C=O) groups excluding carboxylic acids is 1. The minimum Gasteiger partial charge on any atom is -0.470 e. The van der Waals surface area contributed by atoms with Crippen LogP contribution in [0.5, 0.6) is 5.88 Å². The zero-order valence-electron chi connectivity index (χ0n) is 39.8. The first kappa shape index (κ1) is 46.6. The monoisotopic (exact) mass is 974 g/mol. The number of nitro groups is 1. The van der Waals surface area contributed by atoms with Crippen molar-refractivity contribution in [3.63, 3.8) is 0 Å². The topological polar surface area (TPSA) is 205 Å². The van der Waals surface area contributed by atoms with E-state index in [4.69, 9.17) is 19.2 Å². The van der Waals surface area contributed by atoms with Crippen LogP contribution in [0.1, 0.15) is 85.8 Å². The summed E-state index contributed by atoms with van der Waals surface area (Å²) in [4.78, 5) is 41.0. The Morgan fingerprint density at radius 2 is 1.76 bits per heavy atom. The fourth-order valence-electron chi connectivity index (χ4n) is 12.0. The fraction of sp³-hybridized carbons (Fsp3) is 0.500. The molecule has 17 nitrogen and oxygen atoms in total. The Balaban J connectivity index is 0.863. The van der Waals surface area contributed by atoms with Gasteiger partial charge < -0.3 is 39.4 Å². The maximum absolute atomic E-state index is 14.6. The Morgan fingerprint density at radius 1 is 0.957 bits per heavy atom. The molecule has 2 saturated carbocycles. The Kier molecular flexibility index (Phi) is 12.3. The molecule has 0 unspecified atom stereocenters. The molecule has 3 aromatic carbocycles. The van der Waals surface area contributed by atoms with Crippen molar-refractivity contribution in [1.82, 2.24) is 19.6 Å². The third-order valence-electron chi connectivity index (χ3n) is 16.3. The van der Waals surface area contributed by atoms with E-state index < -0.39 is 37.0 Å². The number of amides is 1. The van der Waals surface area contributed by atoms with Crippen LogP contribution in [0.4, 0.5) is 28.4 Å². The van der Waals surface area contributed by atoms with E-state index in [0.717, 1.165) is 81.9 Å². The predicted octanol–water partition coefficient (Wildman–Crippen LogP) is 7.62. The number of carbonyl (C=O) groups is 1. The maximum atomic E-state index is 14.6. The van der Waals surface area contributed by atoms with Gasteiger partial charge in [-0.25, -0.2) is 13.1 Å². The first-order valence-corrected chi connectivity index (χ1v) is 26.3. The molecule has 6 aliphatic rings. The summed E-state index contributed by atoms with van der Waals surface area (Å²) in [7, 11) is -4.61. The Labute approximate surface area is 408 Å². The van der Waals surface area contributed by atoms with Crippen LogP contribution in [-0.2, 0) is 19.5 Å². The highest BCUT2D eigenvalue weighted by Gasteiger charge is 2.50. The number of pyridine rings is 1. The summed E-state index contributed by atoms with van der Waals surface area (Å²) in [5, 5.41) is 26.7. The van der Waals surface area contributed by atoms with Gasteiger partial charge in [-0.1, -0.05) is 24.3 Å². The summed E-state index contributed by atoms with van der Waals surface area (Å²) in [6.07, 6.45) is 8.66. The van der Waals surface area contributed by atoms with Crippen LogP contribution in [0.3, 0.4) is 0 Å². The highest BCUT2D eigenvalue weighted by molar-refractivity contribution is 7.90. The van der Waals surface area contributed by atoms with Crippen LogP contribution in [0.25, 0.3) is 11.0 Å². The Hall–Kier alpha value is -5.79. The van der Waals surface area contributed by atoms with E-state index in [1.807, 2.05) is 36.1 Å². The van der Waals surface area contributed by atoms with Crippen molar-refractivity contribution in [3.8, 4) is 5.88 Å². The van der Waals surface area contributed by atoms with E-state index in [-0.39, 0.29) is 40.6 Å². The van der Waals surface area contributed by atoms with Crippen LogP contribution in [-0.4, -0.2) is 116 Å². The number of H-pyrrole nitrogens is 1. The number of anilines is 4. The summed E-state index contributed by atoms with van der Waals surface area (Å²) in [6, 6.07) is 22.5. The zero-order valence-corrected chi connectivity index (χ0v) is 40.6. The number of aryl methyl sites for hydroxylation is 1. The van der Waals surface area contributed by atoms with Gasteiger partial charge in [0.05, 0.1) is 59.1 Å². The molecular formula is C52H62N8O9S. The summed E-state index contributed by atoms with van der Waals surface area (Å²) in [6.45, 7) is 9.69. The van der Waals surface area contributed by atoms with Crippen molar-refractivity contribution in [2.75, 3.05) is 74.3 Å². The lowest BCUT2D eigenvalue weighted by molar-refractivity contribution is -0.384. The number of nitro benzene ring substituents is 1. The molecule has 1 amide bonds. The maximum Gasteiger partial charge on any atom is 0.293 e. The first-order valence-electron chi connectivity index (χ1n) is 24.8. The number of aliphatic hydroxyl groups is 1. The molecule has 0 bridgehead atoms. The number of fused-ring (bicyclic) bond motifs is 3. The summed E-state index contributed by atoms with van der Waals surface area (Å²) >= 11 is 0. The van der Waals surface area contributed by atoms with Crippen LogP contribution < -0.4 is 24.6 Å². The summed E-state index contributed by atoms with van der Waals surface area (Å²) < 4.78 is 49.0. The van der Waals surface area contributed by atoms with Crippen molar-refractivity contribution in [2.24, 2.45) is 17.3 Å². The molecule has 2 aromatic heterocycles. The van der Waals surface area contributed by atoms with E-state index in [1.165, 1.54) is 23.3 Å². The van der Waals surface area contributed by atoms with Crippen LogP contribution in [0, 0.1) is 34.3 Å². The van der Waals surface area contributed by atoms with Gasteiger partial charge >= 0.3 is 0 Å². The first-order chi connectivity index (χ1) is 33.7. The van der Waals surface area contributed by atoms with Crippen LogP contribution in [0.15, 0.2) is 83.9 Å². The van der Waals surface area contributed by atoms with Gasteiger partial charge in [-0.3, -0.25) is 19.8 Å². The second kappa shape index (κ2) is 18.4. The third kappa shape index (κ3) is 9.08. The van der Waals surface area contributed by atoms with Gasteiger partial charge in [-0.2, -0.15) is 4.98 Å². The number of morpholine rings is 1. The number of piperidine rings is 1. The lowest BCUT2D eigenvalue weighted by Crippen LogP contribution is -2.57. The highest BCUT2D eigenvalue weighted by atomic mass is 32.2. The fourth-order valence-corrected chi connectivity index (χ4v) is 13.0. The molecule has 3 atom stereocenters. The van der Waals surface area contributed by atoms with Crippen LogP contribution in [0.2, 0.25) is 0 Å². The molecule has 2 aliphatic carbocycles. The standard InChI is InChI=1S/C52H62N8O9S/c1-33-5-3-4-6-40(33)46-31-67-22-21-58(46)38-26-52(27-38)16-19-57(20-17-52)37-7-9-41(43(24-37)59-29-36-30-68-32-47(36)69-50-45(59)23-35-13-18-53-48(35)55-50)49(61)56-70(65,66)39-8-10-42(44(25-39)60(63)64)54-28-34-11-14-51(2,62)15-12-34/h3-10,13,18,23-25,34,36,38,46-47,54,62H,11-12,14-17,19-22,26-32H2,1-2H3,(H,53,55)(H,56,61)/t34?,36-,46-,47-,51?/m0/s1. The summed E-state index contributed by atoms with van der Waals surface area (Å²) in [5.41, 5.74) is 4.71. The molecule has 5 aromatic rings. The van der Waals surface area contributed by atoms with Gasteiger partial charge in [0.2, 0.25) is 5.88 Å². The van der Waals surface area contributed by atoms with Gasteiger partial charge in [0, 0.05) is 68.0 Å². The van der Waals surface area contributed by atoms with Gasteiger partial charge in [0.1, 0.15) is 23.1 Å². The SMILES string of the molecule is Cc1ccccc1[C@@H]1COCCN1C1CC2(CCN(c3ccc(C(=O)NS(=O)(=O)c4ccc(NCC5CCC(C)(O)CC5)c([N+](=O)[O-])c4)c(N4C[C@H]5COC[C@@H]5Oc5nc6[nH]ccc6cc54)c3)CC2)C1. The van der Waals surface area contributed by atoms with E-state index in [0.29, 0.717) is 74.7 Å². The predicted molar refractivity (Wildman–Crippen MR) is 265 cm³/mol. The average molecular weight is 975 g/mol. The molecule has 70 heavy (non-hydrogen) atoms. The van der Waals surface area contributed by atoms with Gasteiger partial charge in [-0.05, 0) is 130 Å². The Bertz CT molecular complexity index is 2900. The number of aromatic nitrogens is 2. The average Bonchev–Trinajstić information content (AvgIpc) is 3.97. The van der Waals surface area contributed by atoms with Crippen molar-refractivity contribution in [2.45, 2.75) is 93.9 Å². The Morgan fingerprint density at radius 3 is 2.54 bits per heavy atom. The minimum atomic E-state index is -4.61.